The number of aryl methyl sites for hydroxylation is 2. The lowest BCUT2D eigenvalue weighted by Crippen LogP contribution is -2.50. The van der Waals surface area contributed by atoms with E-state index in [-0.39, 0.29) is 19.0 Å². The number of anilines is 1. The number of hydrogen-bond acceptors (Lipinski definition) is 3. The fourth-order valence-electron chi connectivity index (χ4n) is 4.81. The van der Waals surface area contributed by atoms with Crippen LogP contribution in [-0.4, -0.2) is 29.8 Å². The number of fused-ring (bicyclic) bond motifs is 1. The van der Waals surface area contributed by atoms with Crippen LogP contribution in [0, 0.1) is 11.6 Å². The molecule has 4 N–H and O–H groups in total. The number of para-hydroxylation sites is 1. The maximum Gasteiger partial charge on any atom is 0.319 e. The normalized spacial score (nSPS) is 16.6. The van der Waals surface area contributed by atoms with Crippen LogP contribution in [0.4, 0.5) is 19.3 Å². The van der Waals surface area contributed by atoms with Gasteiger partial charge in [0.15, 0.2) is 0 Å². The minimum Gasteiger partial charge on any atom is -0.390 e. The molecular formula is C29H33F2N3O2. The topological polar surface area (TPSA) is 73.4 Å². The molecule has 0 saturated heterocycles. The van der Waals surface area contributed by atoms with Gasteiger partial charge in [0.2, 0.25) is 0 Å². The molecule has 4 rings (SSSR count). The van der Waals surface area contributed by atoms with Gasteiger partial charge >= 0.3 is 6.03 Å². The van der Waals surface area contributed by atoms with E-state index in [0.717, 1.165) is 31.7 Å². The van der Waals surface area contributed by atoms with Crippen LogP contribution >= 0.6 is 0 Å². The summed E-state index contributed by atoms with van der Waals surface area (Å²) in [6.07, 6.45) is 3.08. The standard InChI is InChI=1S/C29H33F2N3O2/c1-2-19-11-12-21-7-6-10-26(25(21)15-19)32-18-28(35)27(16-20-13-22(30)17-23(31)14-20)34-29(36)33-24-8-4-3-5-9-24/h3-5,8-9,11-15,17,26-28,32,35H,2,6-7,10,16,18H2,1H3,(H2,33,34,36)/t26?,27-,28+/m0/s1. The van der Waals surface area contributed by atoms with E-state index < -0.39 is 29.8 Å². The zero-order valence-corrected chi connectivity index (χ0v) is 20.4. The number of aliphatic hydroxyl groups excluding tert-OH is 1. The fraction of sp³-hybridized carbons (Fsp3) is 0.345. The number of amides is 2. The molecule has 7 heteroatoms. The van der Waals surface area contributed by atoms with E-state index in [1.54, 1.807) is 24.3 Å². The summed E-state index contributed by atoms with van der Waals surface area (Å²) in [7, 11) is 0. The number of hydrogen-bond donors (Lipinski definition) is 4. The average molecular weight is 494 g/mol. The van der Waals surface area contributed by atoms with Gasteiger partial charge in [-0.2, -0.15) is 0 Å². The molecule has 0 bridgehead atoms. The minimum absolute atomic E-state index is 0.0704. The predicted octanol–water partition coefficient (Wildman–Crippen LogP) is 5.29. The lowest BCUT2D eigenvalue weighted by atomic mass is 9.86. The fourth-order valence-corrected chi connectivity index (χ4v) is 4.81. The minimum atomic E-state index is -0.988. The summed E-state index contributed by atoms with van der Waals surface area (Å²) in [6.45, 7) is 2.34. The molecule has 36 heavy (non-hydrogen) atoms. The van der Waals surface area contributed by atoms with Crippen molar-refractivity contribution in [2.75, 3.05) is 11.9 Å². The predicted molar refractivity (Wildman–Crippen MR) is 138 cm³/mol. The summed E-state index contributed by atoms with van der Waals surface area (Å²) >= 11 is 0. The van der Waals surface area contributed by atoms with Crippen molar-refractivity contribution in [1.82, 2.24) is 10.6 Å². The Morgan fingerprint density at radius 3 is 2.50 bits per heavy atom. The first-order valence-electron chi connectivity index (χ1n) is 12.5. The van der Waals surface area contributed by atoms with E-state index in [9.17, 15) is 18.7 Å². The Labute approximate surface area is 210 Å². The van der Waals surface area contributed by atoms with Crippen LogP contribution in [0.5, 0.6) is 0 Å². The molecule has 0 radical (unpaired) electrons. The summed E-state index contributed by atoms with van der Waals surface area (Å²) in [5.41, 5.74) is 4.80. The van der Waals surface area contributed by atoms with Crippen molar-refractivity contribution in [3.05, 3.63) is 101 Å². The number of benzene rings is 3. The van der Waals surface area contributed by atoms with Gasteiger partial charge in [-0.05, 0) is 78.6 Å². The van der Waals surface area contributed by atoms with E-state index in [4.69, 9.17) is 0 Å². The molecule has 3 aromatic rings. The summed E-state index contributed by atoms with van der Waals surface area (Å²) in [4.78, 5) is 12.7. The van der Waals surface area contributed by atoms with Crippen LogP contribution in [0.1, 0.15) is 48.1 Å². The van der Waals surface area contributed by atoms with Gasteiger partial charge in [0.05, 0.1) is 12.1 Å². The molecule has 0 aromatic heterocycles. The van der Waals surface area contributed by atoms with Crippen LogP contribution < -0.4 is 16.0 Å². The van der Waals surface area contributed by atoms with E-state index in [0.29, 0.717) is 11.3 Å². The average Bonchev–Trinajstić information content (AvgIpc) is 2.86. The van der Waals surface area contributed by atoms with Gasteiger partial charge in [-0.25, -0.2) is 13.6 Å². The molecule has 1 aliphatic rings. The molecule has 0 aliphatic heterocycles. The first-order chi connectivity index (χ1) is 17.4. The zero-order chi connectivity index (χ0) is 25.5. The third kappa shape index (κ3) is 6.89. The molecule has 3 atom stereocenters. The van der Waals surface area contributed by atoms with Crippen molar-refractivity contribution in [1.29, 1.82) is 0 Å². The highest BCUT2D eigenvalue weighted by Crippen LogP contribution is 2.30. The molecular weight excluding hydrogens is 460 g/mol. The van der Waals surface area contributed by atoms with E-state index >= 15 is 0 Å². The number of aliphatic hydroxyl groups is 1. The van der Waals surface area contributed by atoms with Crippen LogP contribution in [0.2, 0.25) is 0 Å². The van der Waals surface area contributed by atoms with Gasteiger partial charge in [-0.15, -0.1) is 0 Å². The van der Waals surface area contributed by atoms with Crippen molar-refractivity contribution < 1.29 is 18.7 Å². The van der Waals surface area contributed by atoms with Crippen molar-refractivity contribution >= 4 is 11.7 Å². The Balaban J connectivity index is 1.47. The second-order valence-electron chi connectivity index (χ2n) is 9.36. The monoisotopic (exact) mass is 493 g/mol. The molecule has 1 unspecified atom stereocenters. The number of nitrogens with one attached hydrogen (secondary N) is 3. The second kappa shape index (κ2) is 12.1. The smallest absolute Gasteiger partial charge is 0.319 e. The molecule has 0 saturated carbocycles. The quantitative estimate of drug-likeness (QED) is 0.327. The van der Waals surface area contributed by atoms with Gasteiger partial charge in [-0.3, -0.25) is 0 Å². The van der Waals surface area contributed by atoms with Crippen molar-refractivity contribution in [3.63, 3.8) is 0 Å². The first kappa shape index (κ1) is 25.8. The van der Waals surface area contributed by atoms with Crippen LogP contribution in [-0.2, 0) is 19.3 Å². The highest BCUT2D eigenvalue weighted by atomic mass is 19.1. The zero-order valence-electron chi connectivity index (χ0n) is 20.4. The van der Waals surface area contributed by atoms with Crippen LogP contribution in [0.25, 0.3) is 0 Å². The van der Waals surface area contributed by atoms with E-state index in [1.165, 1.54) is 28.8 Å². The Morgan fingerprint density at radius 2 is 1.78 bits per heavy atom. The number of halogens is 2. The van der Waals surface area contributed by atoms with Crippen molar-refractivity contribution in [2.45, 2.75) is 57.2 Å². The Bertz CT molecular complexity index is 1150. The summed E-state index contributed by atoms with van der Waals surface area (Å²) in [5.74, 6) is -1.40. The largest absolute Gasteiger partial charge is 0.390 e. The number of carbonyl (C=O) groups excluding carboxylic acids is 1. The van der Waals surface area contributed by atoms with Gasteiger partial charge in [0, 0.05) is 24.3 Å². The molecule has 1 aliphatic carbocycles. The third-order valence-electron chi connectivity index (χ3n) is 6.70. The SMILES string of the molecule is CCc1ccc2c(c1)C(NC[C@@H](O)[C@H](Cc1cc(F)cc(F)c1)NC(=O)Nc1ccccc1)CCC2. The van der Waals surface area contributed by atoms with E-state index in [2.05, 4.69) is 41.1 Å². The highest BCUT2D eigenvalue weighted by molar-refractivity contribution is 5.89. The van der Waals surface area contributed by atoms with Crippen LogP contribution in [0.3, 0.4) is 0 Å². The van der Waals surface area contributed by atoms with Crippen molar-refractivity contribution in [3.8, 4) is 0 Å². The number of carbonyl (C=O) groups is 1. The van der Waals surface area contributed by atoms with Gasteiger partial charge < -0.3 is 21.1 Å². The van der Waals surface area contributed by atoms with E-state index in [1.807, 2.05) is 6.07 Å². The second-order valence-corrected chi connectivity index (χ2v) is 9.36. The van der Waals surface area contributed by atoms with Gasteiger partial charge in [-0.1, -0.05) is 43.3 Å². The summed E-state index contributed by atoms with van der Waals surface area (Å²) in [6, 6.07) is 17.6. The molecule has 190 valence electrons. The third-order valence-corrected chi connectivity index (χ3v) is 6.70. The maximum atomic E-state index is 13.8. The highest BCUT2D eigenvalue weighted by Gasteiger charge is 2.26. The number of urea groups is 1. The molecule has 0 spiro atoms. The number of rotatable bonds is 9. The van der Waals surface area contributed by atoms with Gasteiger partial charge in [0.25, 0.3) is 0 Å². The molecule has 5 nitrogen and oxygen atoms in total. The summed E-state index contributed by atoms with van der Waals surface area (Å²) in [5, 5.41) is 20.1. The lowest BCUT2D eigenvalue weighted by Gasteiger charge is -2.30. The Kier molecular flexibility index (Phi) is 8.67. The first-order valence-corrected chi connectivity index (χ1v) is 12.5. The van der Waals surface area contributed by atoms with Gasteiger partial charge in [0.1, 0.15) is 11.6 Å². The molecule has 2 amide bonds. The molecule has 3 aromatic carbocycles. The molecule has 0 heterocycles. The molecule has 0 fully saturated rings. The van der Waals surface area contributed by atoms with Crippen LogP contribution in [0.15, 0.2) is 66.7 Å². The lowest BCUT2D eigenvalue weighted by molar-refractivity contribution is 0.123. The van der Waals surface area contributed by atoms with Crippen molar-refractivity contribution in [2.24, 2.45) is 0 Å². The maximum absolute atomic E-state index is 13.8. The summed E-state index contributed by atoms with van der Waals surface area (Å²) < 4.78 is 27.6. The Hall–Kier alpha value is -3.29. The Morgan fingerprint density at radius 1 is 1.03 bits per heavy atom.